The molecule has 0 aromatic heterocycles. The first-order valence-electron chi connectivity index (χ1n) is 8.44. The monoisotopic (exact) mass is 374 g/mol. The number of nitrogens with zero attached hydrogens (tertiary/aromatic N) is 2. The Bertz CT molecular complexity index is 862. The van der Waals surface area contributed by atoms with Crippen molar-refractivity contribution in [1.29, 1.82) is 0 Å². The topological polar surface area (TPSA) is 66.9 Å². The molecule has 0 unspecified atom stereocenters. The van der Waals surface area contributed by atoms with Crippen LogP contribution >= 0.6 is 0 Å². The van der Waals surface area contributed by atoms with Crippen LogP contribution in [0, 0.1) is 0 Å². The summed E-state index contributed by atoms with van der Waals surface area (Å²) in [4.78, 5) is 14.7. The molecule has 0 aliphatic carbocycles. The molecule has 2 aromatic rings. The molecular formula is C19H22N2O4S. The molecule has 0 bridgehead atoms. The zero-order valence-corrected chi connectivity index (χ0v) is 15.5. The summed E-state index contributed by atoms with van der Waals surface area (Å²) in [6, 6.07) is 16.2. The first-order valence-corrected chi connectivity index (χ1v) is 10.3. The number of rotatable bonds is 5. The first-order chi connectivity index (χ1) is 12.5. The summed E-state index contributed by atoms with van der Waals surface area (Å²) in [5, 5.41) is 0. The van der Waals surface area contributed by atoms with Crippen LogP contribution in [0.1, 0.15) is 15.9 Å². The molecule has 1 fully saturated rings. The van der Waals surface area contributed by atoms with E-state index in [0.29, 0.717) is 37.6 Å². The van der Waals surface area contributed by atoms with Gasteiger partial charge in [0.05, 0.1) is 37.3 Å². The van der Waals surface area contributed by atoms with Crippen molar-refractivity contribution in [2.24, 2.45) is 0 Å². The van der Waals surface area contributed by atoms with E-state index in [0.717, 1.165) is 11.8 Å². The summed E-state index contributed by atoms with van der Waals surface area (Å²) >= 11 is 0. The Balaban J connectivity index is 1.98. The average molecular weight is 374 g/mol. The van der Waals surface area contributed by atoms with Gasteiger partial charge >= 0.3 is 0 Å². The SMILES string of the molecule is CS(=O)(=O)N(Cc1ccccc1)c1ccccc1C(=O)N1CCOCC1. The second kappa shape index (κ2) is 7.88. The van der Waals surface area contributed by atoms with Gasteiger partial charge in [-0.15, -0.1) is 0 Å². The molecule has 7 heteroatoms. The quantitative estimate of drug-likeness (QED) is 0.804. The highest BCUT2D eigenvalue weighted by Crippen LogP contribution is 2.26. The average Bonchev–Trinajstić information content (AvgIpc) is 2.66. The van der Waals surface area contributed by atoms with Gasteiger partial charge in [0.25, 0.3) is 5.91 Å². The van der Waals surface area contributed by atoms with Crippen LogP contribution in [-0.2, 0) is 21.3 Å². The highest BCUT2D eigenvalue weighted by atomic mass is 32.2. The fourth-order valence-electron chi connectivity index (χ4n) is 2.94. The van der Waals surface area contributed by atoms with Crippen molar-refractivity contribution >= 4 is 21.6 Å². The Morgan fingerprint density at radius 1 is 1.04 bits per heavy atom. The third-order valence-corrected chi connectivity index (χ3v) is 5.40. The number of morpholine rings is 1. The molecular weight excluding hydrogens is 352 g/mol. The van der Waals surface area contributed by atoms with E-state index in [2.05, 4.69) is 0 Å². The van der Waals surface area contributed by atoms with Gasteiger partial charge in [-0.25, -0.2) is 8.42 Å². The number of amides is 1. The molecule has 0 spiro atoms. The molecule has 1 amide bonds. The summed E-state index contributed by atoms with van der Waals surface area (Å²) in [6.07, 6.45) is 1.16. The lowest BCUT2D eigenvalue weighted by Gasteiger charge is -2.30. The molecule has 6 nitrogen and oxygen atoms in total. The molecule has 0 saturated carbocycles. The van der Waals surface area contributed by atoms with Crippen molar-refractivity contribution in [1.82, 2.24) is 4.90 Å². The lowest BCUT2D eigenvalue weighted by atomic mass is 10.1. The van der Waals surface area contributed by atoms with E-state index < -0.39 is 10.0 Å². The van der Waals surface area contributed by atoms with Crippen LogP contribution in [0.3, 0.4) is 0 Å². The van der Waals surface area contributed by atoms with Crippen LogP contribution in [0.25, 0.3) is 0 Å². The predicted molar refractivity (Wildman–Crippen MR) is 101 cm³/mol. The smallest absolute Gasteiger partial charge is 0.256 e. The van der Waals surface area contributed by atoms with Gasteiger partial charge < -0.3 is 9.64 Å². The van der Waals surface area contributed by atoms with E-state index in [1.807, 2.05) is 30.3 Å². The van der Waals surface area contributed by atoms with Gasteiger partial charge in [0, 0.05) is 13.1 Å². The van der Waals surface area contributed by atoms with Crippen LogP contribution in [0.5, 0.6) is 0 Å². The van der Waals surface area contributed by atoms with Crippen molar-refractivity contribution < 1.29 is 17.9 Å². The number of benzene rings is 2. The summed E-state index contributed by atoms with van der Waals surface area (Å²) < 4.78 is 31.5. The largest absolute Gasteiger partial charge is 0.378 e. The second-order valence-electron chi connectivity index (χ2n) is 6.18. The maximum absolute atomic E-state index is 13.0. The van der Waals surface area contributed by atoms with E-state index in [4.69, 9.17) is 4.74 Å². The predicted octanol–water partition coefficient (Wildman–Crippen LogP) is 2.13. The normalized spacial score (nSPS) is 14.9. The van der Waals surface area contributed by atoms with Crippen molar-refractivity contribution in [3.63, 3.8) is 0 Å². The maximum Gasteiger partial charge on any atom is 0.256 e. The number of carbonyl (C=O) groups is 1. The van der Waals surface area contributed by atoms with Crippen LogP contribution in [0.15, 0.2) is 54.6 Å². The van der Waals surface area contributed by atoms with E-state index in [9.17, 15) is 13.2 Å². The Kier molecular flexibility index (Phi) is 5.58. The van der Waals surface area contributed by atoms with Gasteiger partial charge in [0.2, 0.25) is 10.0 Å². The number of ether oxygens (including phenoxy) is 1. The number of carbonyl (C=O) groups excluding carboxylic acids is 1. The lowest BCUT2D eigenvalue weighted by Crippen LogP contribution is -2.41. The molecule has 1 saturated heterocycles. The highest BCUT2D eigenvalue weighted by molar-refractivity contribution is 7.92. The summed E-state index contributed by atoms with van der Waals surface area (Å²) in [6.45, 7) is 2.17. The molecule has 3 rings (SSSR count). The van der Waals surface area contributed by atoms with E-state index in [1.165, 1.54) is 4.31 Å². The minimum atomic E-state index is -3.56. The molecule has 0 N–H and O–H groups in total. The molecule has 138 valence electrons. The fourth-order valence-corrected chi connectivity index (χ4v) is 3.84. The van der Waals surface area contributed by atoms with Crippen molar-refractivity contribution in [3.8, 4) is 0 Å². The molecule has 1 heterocycles. The first kappa shape index (κ1) is 18.4. The molecule has 0 radical (unpaired) electrons. The lowest BCUT2D eigenvalue weighted by molar-refractivity contribution is 0.0303. The summed E-state index contributed by atoms with van der Waals surface area (Å²) in [7, 11) is -3.56. The van der Waals surface area contributed by atoms with Crippen molar-refractivity contribution in [3.05, 3.63) is 65.7 Å². The van der Waals surface area contributed by atoms with Gasteiger partial charge in [-0.1, -0.05) is 42.5 Å². The van der Waals surface area contributed by atoms with E-state index in [1.54, 1.807) is 29.2 Å². The van der Waals surface area contributed by atoms with E-state index in [-0.39, 0.29) is 12.5 Å². The number of sulfonamides is 1. The van der Waals surface area contributed by atoms with Crippen LogP contribution < -0.4 is 4.31 Å². The van der Waals surface area contributed by atoms with Crippen LogP contribution in [0.2, 0.25) is 0 Å². The minimum Gasteiger partial charge on any atom is -0.378 e. The summed E-state index contributed by atoms with van der Waals surface area (Å²) in [5.41, 5.74) is 1.64. The van der Waals surface area contributed by atoms with Gasteiger partial charge in [0.1, 0.15) is 0 Å². The maximum atomic E-state index is 13.0. The Morgan fingerprint density at radius 2 is 1.65 bits per heavy atom. The Labute approximate surface area is 154 Å². The zero-order chi connectivity index (χ0) is 18.6. The van der Waals surface area contributed by atoms with Gasteiger partial charge in [-0.05, 0) is 17.7 Å². The third kappa shape index (κ3) is 4.23. The van der Waals surface area contributed by atoms with E-state index >= 15 is 0 Å². The molecule has 0 atom stereocenters. The second-order valence-corrected chi connectivity index (χ2v) is 8.08. The third-order valence-electron chi connectivity index (χ3n) is 4.27. The van der Waals surface area contributed by atoms with Gasteiger partial charge in [0.15, 0.2) is 0 Å². The zero-order valence-electron chi connectivity index (χ0n) is 14.7. The fraction of sp³-hybridized carbons (Fsp3) is 0.316. The number of hydrogen-bond donors (Lipinski definition) is 0. The molecule has 1 aliphatic heterocycles. The Morgan fingerprint density at radius 3 is 2.31 bits per heavy atom. The Hall–Kier alpha value is -2.38. The highest BCUT2D eigenvalue weighted by Gasteiger charge is 2.26. The van der Waals surface area contributed by atoms with Gasteiger partial charge in [-0.3, -0.25) is 9.10 Å². The number of para-hydroxylation sites is 1. The molecule has 2 aromatic carbocycles. The van der Waals surface area contributed by atoms with Crippen LogP contribution in [0.4, 0.5) is 5.69 Å². The summed E-state index contributed by atoms with van der Waals surface area (Å²) in [5.74, 6) is -0.175. The standard InChI is InChI=1S/C19H22N2O4S/c1-26(23,24)21(15-16-7-3-2-4-8-16)18-10-6-5-9-17(18)19(22)20-11-13-25-14-12-20/h2-10H,11-15H2,1H3. The number of hydrogen-bond acceptors (Lipinski definition) is 4. The molecule has 26 heavy (non-hydrogen) atoms. The number of anilines is 1. The van der Waals surface area contributed by atoms with Crippen molar-refractivity contribution in [2.45, 2.75) is 6.54 Å². The minimum absolute atomic E-state index is 0.174. The van der Waals surface area contributed by atoms with Crippen molar-refractivity contribution in [2.75, 3.05) is 36.9 Å². The van der Waals surface area contributed by atoms with Crippen LogP contribution in [-0.4, -0.2) is 51.8 Å². The van der Waals surface area contributed by atoms with Gasteiger partial charge in [-0.2, -0.15) is 0 Å². The molecule has 1 aliphatic rings.